The summed E-state index contributed by atoms with van der Waals surface area (Å²) in [6.07, 6.45) is 4.35. The van der Waals surface area contributed by atoms with Gasteiger partial charge in [-0.25, -0.2) is 0 Å². The van der Waals surface area contributed by atoms with Crippen LogP contribution in [0.1, 0.15) is 6.42 Å². The van der Waals surface area contributed by atoms with E-state index >= 15 is 0 Å². The first-order valence-corrected chi connectivity index (χ1v) is 12.4. The van der Waals surface area contributed by atoms with Gasteiger partial charge >= 0.3 is 0 Å². The second-order valence-corrected chi connectivity index (χ2v) is 11.4. The molecule has 0 radical (unpaired) electrons. The normalized spacial score (nSPS) is 15.9. The molecule has 3 nitrogen and oxygen atoms in total. The number of rotatable bonds is 5. The summed E-state index contributed by atoms with van der Waals surface area (Å²) in [5.41, 5.74) is 0.766. The summed E-state index contributed by atoms with van der Waals surface area (Å²) in [6.45, 7) is 0.712. The van der Waals surface area contributed by atoms with Crippen molar-refractivity contribution in [2.24, 2.45) is 0 Å². The maximum Gasteiger partial charge on any atom is 0.269 e. The minimum absolute atomic E-state index is 0. The van der Waals surface area contributed by atoms with E-state index in [1.165, 1.54) is 15.9 Å². The van der Waals surface area contributed by atoms with E-state index in [1.807, 2.05) is 35.2 Å². The smallest absolute Gasteiger partial charge is 0.269 e. The van der Waals surface area contributed by atoms with Gasteiger partial charge in [0.2, 0.25) is 0 Å². The molecule has 1 aliphatic heterocycles. The quantitative estimate of drug-likeness (QED) is 0.384. The van der Waals surface area contributed by atoms with E-state index in [4.69, 9.17) is 0 Å². The fourth-order valence-corrected chi connectivity index (χ4v) is 9.65. The number of aromatic nitrogens is 1. The monoisotopic (exact) mass is 502 g/mol. The van der Waals surface area contributed by atoms with Gasteiger partial charge in [0, 0.05) is 19.2 Å². The molecule has 32 heavy (non-hydrogen) atoms. The fourth-order valence-electron chi connectivity index (χ4n) is 4.77. The zero-order valence-electron chi connectivity index (χ0n) is 17.6. The Kier molecular flexibility index (Phi) is 6.83. The first-order chi connectivity index (χ1) is 15.3. The first kappa shape index (κ1) is 22.4. The summed E-state index contributed by atoms with van der Waals surface area (Å²) in [5, 5.41) is 3.75. The average Bonchev–Trinajstić information content (AvgIpc) is 3.24. The van der Waals surface area contributed by atoms with Gasteiger partial charge in [0.15, 0.2) is 5.66 Å². The van der Waals surface area contributed by atoms with Crippen LogP contribution < -0.4 is 37.8 Å². The van der Waals surface area contributed by atoms with Gasteiger partial charge in [-0.3, -0.25) is 9.78 Å². The van der Waals surface area contributed by atoms with Crippen molar-refractivity contribution < 1.29 is 21.8 Å². The van der Waals surface area contributed by atoms with Gasteiger partial charge in [-0.05, 0) is 48.5 Å². The molecule has 1 aromatic heterocycles. The fraction of sp³-hybridized carbons (Fsp3) is 0.111. The van der Waals surface area contributed by atoms with E-state index in [0.717, 1.165) is 12.1 Å². The third kappa shape index (κ3) is 3.79. The minimum Gasteiger partial charge on any atom is -1.00 e. The lowest BCUT2D eigenvalue weighted by Gasteiger charge is -2.31. The van der Waals surface area contributed by atoms with E-state index < -0.39 is 7.26 Å². The van der Waals surface area contributed by atoms with E-state index in [9.17, 15) is 4.79 Å². The molecule has 4 aromatic rings. The number of carbonyl (C=O) groups is 1. The van der Waals surface area contributed by atoms with Crippen LogP contribution in [0, 0.1) is 0 Å². The lowest BCUT2D eigenvalue weighted by molar-refractivity contribution is -0.116. The highest BCUT2D eigenvalue weighted by atomic mass is 79.9. The Morgan fingerprint density at radius 2 is 1.22 bits per heavy atom. The molecule has 0 saturated carbocycles. The van der Waals surface area contributed by atoms with Gasteiger partial charge in [0.1, 0.15) is 23.2 Å². The van der Waals surface area contributed by atoms with Crippen LogP contribution in [-0.4, -0.2) is 23.1 Å². The molecule has 1 amide bonds. The number of amides is 1. The van der Waals surface area contributed by atoms with Gasteiger partial charge in [-0.2, -0.15) is 0 Å². The Morgan fingerprint density at radius 1 is 0.719 bits per heavy atom. The van der Waals surface area contributed by atoms with E-state index in [2.05, 4.69) is 77.8 Å². The second kappa shape index (κ2) is 9.77. The standard InChI is InChI=1S/C27H24N2OP.BrH/c30-27-26(18-20-29(27)22-11-10-19-28-21-22)31(23-12-4-1-5-13-23,24-14-6-2-7-15-24)25-16-8-3-9-17-25;/h1-17,19,21,26H,18,20H2;1H/q+1;/p-1/t26-;/m1./s1. The molecule has 3 aromatic carbocycles. The molecular weight excluding hydrogens is 479 g/mol. The van der Waals surface area contributed by atoms with Crippen LogP contribution in [0.5, 0.6) is 0 Å². The maximum atomic E-state index is 14.0. The predicted molar refractivity (Wildman–Crippen MR) is 130 cm³/mol. The van der Waals surface area contributed by atoms with E-state index in [-0.39, 0.29) is 28.5 Å². The zero-order valence-corrected chi connectivity index (χ0v) is 20.1. The van der Waals surface area contributed by atoms with Crippen molar-refractivity contribution in [1.29, 1.82) is 0 Å². The summed E-state index contributed by atoms with van der Waals surface area (Å²) in [4.78, 5) is 20.2. The van der Waals surface area contributed by atoms with Gasteiger partial charge < -0.3 is 21.9 Å². The van der Waals surface area contributed by atoms with Crippen LogP contribution in [0.4, 0.5) is 5.69 Å². The molecule has 5 heteroatoms. The van der Waals surface area contributed by atoms with E-state index in [1.54, 1.807) is 12.4 Å². The lowest BCUT2D eigenvalue weighted by atomic mass is 10.3. The Hall–Kier alpha value is -2.81. The molecule has 0 unspecified atom stereocenters. The van der Waals surface area contributed by atoms with Crippen LogP contribution in [0.25, 0.3) is 0 Å². The lowest BCUT2D eigenvalue weighted by Crippen LogP contribution is -3.00. The molecule has 0 N–H and O–H groups in total. The topological polar surface area (TPSA) is 33.2 Å². The number of nitrogens with zero attached hydrogens (tertiary/aromatic N) is 2. The Balaban J connectivity index is 0.00000245. The van der Waals surface area contributed by atoms with Crippen LogP contribution in [-0.2, 0) is 4.79 Å². The molecule has 0 bridgehead atoms. The summed E-state index contributed by atoms with van der Waals surface area (Å²) in [7, 11) is -2.23. The van der Waals surface area contributed by atoms with Gasteiger partial charge in [0.05, 0.1) is 11.9 Å². The van der Waals surface area contributed by atoms with Crippen molar-refractivity contribution in [2.75, 3.05) is 11.4 Å². The SMILES string of the molecule is O=C1[C@H]([P+](c2ccccc2)(c2ccccc2)c2ccccc2)CCN1c1cccnc1.[Br-]. The number of hydrogen-bond acceptors (Lipinski definition) is 2. The molecule has 0 aliphatic carbocycles. The van der Waals surface area contributed by atoms with Crippen molar-refractivity contribution in [3.05, 3.63) is 116 Å². The average molecular weight is 503 g/mol. The largest absolute Gasteiger partial charge is 1.00 e. The number of pyridine rings is 1. The van der Waals surface area contributed by atoms with Gasteiger partial charge in [0.25, 0.3) is 5.91 Å². The summed E-state index contributed by atoms with van der Waals surface area (Å²) in [6, 6.07) is 35.8. The third-order valence-electron chi connectivity index (χ3n) is 6.09. The van der Waals surface area contributed by atoms with Crippen molar-refractivity contribution in [2.45, 2.75) is 12.1 Å². The summed E-state index contributed by atoms with van der Waals surface area (Å²) in [5.74, 6) is 0.192. The molecule has 2 heterocycles. The predicted octanol–water partition coefficient (Wildman–Crippen LogP) is 1.18. The second-order valence-electron chi connectivity index (χ2n) is 7.73. The highest BCUT2D eigenvalue weighted by Crippen LogP contribution is 2.62. The number of hydrogen-bond donors (Lipinski definition) is 0. The van der Waals surface area contributed by atoms with Gasteiger partial charge in [-0.15, -0.1) is 0 Å². The Morgan fingerprint density at radius 3 is 1.66 bits per heavy atom. The maximum absolute atomic E-state index is 14.0. The molecule has 1 atom stereocenters. The Labute approximate surface area is 200 Å². The first-order valence-electron chi connectivity index (χ1n) is 10.6. The van der Waals surface area contributed by atoms with Crippen molar-refractivity contribution >= 4 is 34.8 Å². The number of anilines is 1. The van der Waals surface area contributed by atoms with Crippen molar-refractivity contribution in [1.82, 2.24) is 4.98 Å². The Bertz CT molecular complexity index is 1060. The number of halogens is 1. The molecule has 1 saturated heterocycles. The number of carbonyl (C=O) groups excluding carboxylic acids is 1. The zero-order chi connectivity index (χ0) is 21.1. The summed E-state index contributed by atoms with van der Waals surface area (Å²) < 4.78 is 0. The molecular formula is C27H24BrN2OP. The van der Waals surface area contributed by atoms with Crippen LogP contribution in [0.3, 0.4) is 0 Å². The van der Waals surface area contributed by atoms with Crippen LogP contribution in [0.2, 0.25) is 0 Å². The molecule has 160 valence electrons. The third-order valence-corrected chi connectivity index (χ3v) is 10.8. The van der Waals surface area contributed by atoms with Crippen LogP contribution in [0.15, 0.2) is 116 Å². The highest BCUT2D eigenvalue weighted by molar-refractivity contribution is 7.97. The van der Waals surface area contributed by atoms with Crippen LogP contribution >= 0.6 is 7.26 Å². The number of benzene rings is 3. The van der Waals surface area contributed by atoms with Crippen molar-refractivity contribution in [3.8, 4) is 0 Å². The molecule has 0 spiro atoms. The molecule has 1 fully saturated rings. The van der Waals surface area contributed by atoms with Crippen molar-refractivity contribution in [3.63, 3.8) is 0 Å². The summed E-state index contributed by atoms with van der Waals surface area (Å²) >= 11 is 0. The minimum atomic E-state index is -2.23. The van der Waals surface area contributed by atoms with Gasteiger partial charge in [-0.1, -0.05) is 54.6 Å². The molecule has 5 rings (SSSR count). The van der Waals surface area contributed by atoms with E-state index in [0.29, 0.717) is 6.54 Å². The highest BCUT2D eigenvalue weighted by Gasteiger charge is 2.58. The molecule has 1 aliphatic rings.